The van der Waals surface area contributed by atoms with Crippen LogP contribution in [0.15, 0.2) is 0 Å². The van der Waals surface area contributed by atoms with E-state index in [4.69, 9.17) is 9.84 Å². The second-order valence-electron chi connectivity index (χ2n) is 3.07. The molecule has 1 fully saturated rings. The van der Waals surface area contributed by atoms with Crippen LogP contribution in [0.5, 0.6) is 0 Å². The fraction of sp³-hybridized carbons (Fsp3) is 1.00. The fourth-order valence-electron chi connectivity index (χ4n) is 1.27. The van der Waals surface area contributed by atoms with Gasteiger partial charge in [0, 0.05) is 5.92 Å². The Balaban J connectivity index is 2.63. The van der Waals surface area contributed by atoms with E-state index in [1.54, 1.807) is 13.8 Å². The van der Waals surface area contributed by atoms with E-state index in [0.29, 0.717) is 0 Å². The van der Waals surface area contributed by atoms with E-state index >= 15 is 0 Å². The number of aliphatic hydroxyl groups is 3. The second-order valence-corrected chi connectivity index (χ2v) is 3.07. The summed E-state index contributed by atoms with van der Waals surface area (Å²) in [5.41, 5.74) is 0. The maximum atomic E-state index is 9.34. The van der Waals surface area contributed by atoms with E-state index in [1.165, 1.54) is 0 Å². The van der Waals surface area contributed by atoms with Crippen molar-refractivity contribution in [2.45, 2.75) is 38.4 Å². The molecule has 1 aliphatic heterocycles. The van der Waals surface area contributed by atoms with Crippen molar-refractivity contribution in [3.8, 4) is 0 Å². The predicted molar refractivity (Wildman–Crippen MR) is 37.7 cm³/mol. The van der Waals surface area contributed by atoms with Crippen LogP contribution < -0.4 is 0 Å². The molecule has 1 rings (SSSR count). The highest BCUT2D eigenvalue weighted by molar-refractivity contribution is 4.83. The summed E-state index contributed by atoms with van der Waals surface area (Å²) in [6, 6.07) is 0. The molecule has 0 aromatic carbocycles. The van der Waals surface area contributed by atoms with Crippen molar-refractivity contribution >= 4 is 0 Å². The predicted octanol–water partition coefficient (Wildman–Crippen LogP) is -0.919. The number of rotatable bonds is 0. The van der Waals surface area contributed by atoms with Crippen molar-refractivity contribution in [2.75, 3.05) is 0 Å². The van der Waals surface area contributed by atoms with Gasteiger partial charge < -0.3 is 20.1 Å². The summed E-state index contributed by atoms with van der Waals surface area (Å²) in [4.78, 5) is 0. The zero-order chi connectivity index (χ0) is 8.59. The van der Waals surface area contributed by atoms with Gasteiger partial charge in [0.15, 0.2) is 6.29 Å². The molecule has 4 heteroatoms. The molecule has 1 saturated heterocycles. The van der Waals surface area contributed by atoms with E-state index in [-0.39, 0.29) is 5.92 Å². The highest BCUT2D eigenvalue weighted by Crippen LogP contribution is 2.23. The third kappa shape index (κ3) is 1.54. The SMILES string of the molecule is CC1[C@@H](O)[C@H](O)O[C@H](C)[C@H]1O. The van der Waals surface area contributed by atoms with E-state index < -0.39 is 24.6 Å². The molecule has 0 spiro atoms. The summed E-state index contributed by atoms with van der Waals surface area (Å²) in [5.74, 6) is -0.339. The third-order valence-corrected chi connectivity index (χ3v) is 2.20. The smallest absolute Gasteiger partial charge is 0.181 e. The molecule has 0 radical (unpaired) electrons. The Hall–Kier alpha value is -0.160. The Morgan fingerprint density at radius 2 is 1.55 bits per heavy atom. The Morgan fingerprint density at radius 1 is 1.00 bits per heavy atom. The molecule has 4 nitrogen and oxygen atoms in total. The first kappa shape index (κ1) is 8.93. The molecular formula is C7H14O4. The van der Waals surface area contributed by atoms with Crippen molar-refractivity contribution in [1.29, 1.82) is 0 Å². The average Bonchev–Trinajstić information content (AvgIpc) is 1.97. The van der Waals surface area contributed by atoms with E-state index in [9.17, 15) is 10.2 Å². The lowest BCUT2D eigenvalue weighted by Crippen LogP contribution is -2.51. The van der Waals surface area contributed by atoms with Crippen LogP contribution in [0.3, 0.4) is 0 Å². The lowest BCUT2D eigenvalue weighted by atomic mass is 9.91. The van der Waals surface area contributed by atoms with Crippen LogP contribution >= 0.6 is 0 Å². The molecule has 0 bridgehead atoms. The van der Waals surface area contributed by atoms with Crippen LogP contribution in [0.4, 0.5) is 0 Å². The van der Waals surface area contributed by atoms with Crippen LogP contribution in [-0.2, 0) is 4.74 Å². The summed E-state index contributed by atoms with van der Waals surface area (Å²) in [6.45, 7) is 3.34. The Bertz CT molecular complexity index is 124. The zero-order valence-electron chi connectivity index (χ0n) is 6.64. The number of hydrogen-bond donors (Lipinski definition) is 3. The molecule has 0 saturated carbocycles. The molecule has 11 heavy (non-hydrogen) atoms. The first-order chi connectivity index (χ1) is 5.04. The highest BCUT2D eigenvalue weighted by Gasteiger charge is 2.38. The van der Waals surface area contributed by atoms with Crippen molar-refractivity contribution in [3.05, 3.63) is 0 Å². The van der Waals surface area contributed by atoms with Gasteiger partial charge in [-0.15, -0.1) is 0 Å². The molecule has 5 atom stereocenters. The van der Waals surface area contributed by atoms with Gasteiger partial charge in [-0.25, -0.2) is 0 Å². The van der Waals surface area contributed by atoms with Crippen molar-refractivity contribution in [2.24, 2.45) is 5.92 Å². The molecule has 1 heterocycles. The zero-order valence-corrected chi connectivity index (χ0v) is 6.64. The van der Waals surface area contributed by atoms with E-state index in [2.05, 4.69) is 0 Å². The number of aliphatic hydroxyl groups excluding tert-OH is 3. The van der Waals surface area contributed by atoms with Crippen LogP contribution in [0, 0.1) is 5.92 Å². The minimum atomic E-state index is -1.16. The van der Waals surface area contributed by atoms with Crippen LogP contribution in [-0.4, -0.2) is 39.9 Å². The molecule has 66 valence electrons. The first-order valence-corrected chi connectivity index (χ1v) is 3.73. The molecule has 0 amide bonds. The topological polar surface area (TPSA) is 69.9 Å². The number of hydrogen-bond acceptors (Lipinski definition) is 4. The molecule has 0 aromatic rings. The standard InChI is InChI=1S/C7H14O4/c1-3-5(8)4(2)11-7(10)6(3)9/h3-10H,1-2H3/t3?,4-,5+,6-,7-/m1/s1. The maximum Gasteiger partial charge on any atom is 0.181 e. The minimum Gasteiger partial charge on any atom is -0.390 e. The lowest BCUT2D eigenvalue weighted by molar-refractivity contribution is -0.260. The second kappa shape index (κ2) is 3.06. The van der Waals surface area contributed by atoms with Crippen LogP contribution in [0.1, 0.15) is 13.8 Å². The minimum absolute atomic E-state index is 0.339. The van der Waals surface area contributed by atoms with Gasteiger partial charge in [-0.3, -0.25) is 0 Å². The third-order valence-electron chi connectivity index (χ3n) is 2.20. The van der Waals surface area contributed by atoms with Gasteiger partial charge in [-0.1, -0.05) is 6.92 Å². The maximum absolute atomic E-state index is 9.34. The number of ether oxygens (including phenoxy) is 1. The molecule has 1 unspecified atom stereocenters. The van der Waals surface area contributed by atoms with Gasteiger partial charge >= 0.3 is 0 Å². The van der Waals surface area contributed by atoms with E-state index in [1.807, 2.05) is 0 Å². The van der Waals surface area contributed by atoms with E-state index in [0.717, 1.165) is 0 Å². The summed E-state index contributed by atoms with van der Waals surface area (Å²) < 4.78 is 4.84. The fourth-order valence-corrected chi connectivity index (χ4v) is 1.27. The van der Waals surface area contributed by atoms with Gasteiger partial charge in [-0.05, 0) is 6.92 Å². The average molecular weight is 162 g/mol. The first-order valence-electron chi connectivity index (χ1n) is 3.73. The van der Waals surface area contributed by atoms with Crippen molar-refractivity contribution in [1.82, 2.24) is 0 Å². The Morgan fingerprint density at radius 3 is 2.09 bits per heavy atom. The molecule has 3 N–H and O–H groups in total. The van der Waals surface area contributed by atoms with Crippen LogP contribution in [0.25, 0.3) is 0 Å². The van der Waals surface area contributed by atoms with Gasteiger partial charge in [-0.2, -0.15) is 0 Å². The van der Waals surface area contributed by atoms with Crippen LogP contribution in [0.2, 0.25) is 0 Å². The van der Waals surface area contributed by atoms with Gasteiger partial charge in [0.2, 0.25) is 0 Å². The van der Waals surface area contributed by atoms with Gasteiger partial charge in [0.1, 0.15) is 6.10 Å². The van der Waals surface area contributed by atoms with Crippen molar-refractivity contribution < 1.29 is 20.1 Å². The monoisotopic (exact) mass is 162 g/mol. The Kier molecular flexibility index (Phi) is 2.49. The Labute approximate surface area is 65.4 Å². The van der Waals surface area contributed by atoms with Gasteiger partial charge in [0.25, 0.3) is 0 Å². The quantitative estimate of drug-likeness (QED) is 0.431. The summed E-state index contributed by atoms with van der Waals surface area (Å²) >= 11 is 0. The van der Waals surface area contributed by atoms with Crippen molar-refractivity contribution in [3.63, 3.8) is 0 Å². The summed E-state index contributed by atoms with van der Waals surface area (Å²) in [5, 5.41) is 27.6. The molecule has 1 aliphatic rings. The lowest BCUT2D eigenvalue weighted by Gasteiger charge is -2.37. The van der Waals surface area contributed by atoms with Gasteiger partial charge in [0.05, 0.1) is 12.2 Å². The highest BCUT2D eigenvalue weighted by atomic mass is 16.6. The largest absolute Gasteiger partial charge is 0.390 e. The summed E-state index contributed by atoms with van der Waals surface area (Å²) in [6.07, 6.45) is -3.26. The molecule has 0 aromatic heterocycles. The molecule has 0 aliphatic carbocycles. The molecular weight excluding hydrogens is 148 g/mol. The summed E-state index contributed by atoms with van der Waals surface area (Å²) in [7, 11) is 0. The normalized spacial score (nSPS) is 52.6.